The van der Waals surface area contributed by atoms with Crippen LogP contribution >= 0.6 is 0 Å². The van der Waals surface area contributed by atoms with Crippen molar-refractivity contribution in [3.8, 4) is 0 Å². The molecule has 100 valence electrons. The SMILES string of the molecule is O=C(NCc1ccc2[nH]c(=O)[nH]c2c1)C1CCCC1. The molecule has 0 bridgehead atoms. The fourth-order valence-electron chi connectivity index (χ4n) is 2.71. The monoisotopic (exact) mass is 259 g/mol. The molecule has 3 N–H and O–H groups in total. The first-order valence-corrected chi connectivity index (χ1v) is 6.71. The topological polar surface area (TPSA) is 77.8 Å². The Bertz CT molecular complexity index is 650. The second-order valence-electron chi connectivity index (χ2n) is 5.16. The highest BCUT2D eigenvalue weighted by Gasteiger charge is 2.22. The van der Waals surface area contributed by atoms with E-state index in [1.807, 2.05) is 18.2 Å². The number of amides is 1. The molecule has 0 saturated heterocycles. The number of aromatic amines is 2. The van der Waals surface area contributed by atoms with E-state index in [1.165, 1.54) is 0 Å². The van der Waals surface area contributed by atoms with Crippen molar-refractivity contribution < 1.29 is 4.79 Å². The summed E-state index contributed by atoms with van der Waals surface area (Å²) in [5.41, 5.74) is 2.35. The number of rotatable bonds is 3. The Labute approximate surface area is 110 Å². The first kappa shape index (κ1) is 12.0. The minimum Gasteiger partial charge on any atom is -0.352 e. The van der Waals surface area contributed by atoms with Crippen LogP contribution in [0.2, 0.25) is 0 Å². The lowest BCUT2D eigenvalue weighted by Gasteiger charge is -2.10. The van der Waals surface area contributed by atoms with Crippen molar-refractivity contribution in [1.82, 2.24) is 15.3 Å². The zero-order valence-corrected chi connectivity index (χ0v) is 10.7. The van der Waals surface area contributed by atoms with Crippen molar-refractivity contribution in [3.05, 3.63) is 34.2 Å². The van der Waals surface area contributed by atoms with Gasteiger partial charge in [-0.25, -0.2) is 4.79 Å². The van der Waals surface area contributed by atoms with Gasteiger partial charge >= 0.3 is 5.69 Å². The quantitative estimate of drug-likeness (QED) is 0.784. The summed E-state index contributed by atoms with van der Waals surface area (Å²) in [6, 6.07) is 5.66. The lowest BCUT2D eigenvalue weighted by Crippen LogP contribution is -2.28. The highest BCUT2D eigenvalue weighted by atomic mass is 16.2. The number of hydrogen-bond donors (Lipinski definition) is 3. The van der Waals surface area contributed by atoms with Gasteiger partial charge in [0.2, 0.25) is 5.91 Å². The average Bonchev–Trinajstić information content (AvgIpc) is 3.03. The molecule has 1 heterocycles. The Hall–Kier alpha value is -2.04. The summed E-state index contributed by atoms with van der Waals surface area (Å²) in [5.74, 6) is 0.343. The minimum absolute atomic E-state index is 0.153. The molecule has 1 aliphatic rings. The van der Waals surface area contributed by atoms with E-state index in [-0.39, 0.29) is 17.5 Å². The number of carbonyl (C=O) groups excluding carboxylic acids is 1. The number of benzene rings is 1. The second-order valence-corrected chi connectivity index (χ2v) is 5.16. The number of fused-ring (bicyclic) bond motifs is 1. The molecule has 1 fully saturated rings. The van der Waals surface area contributed by atoms with E-state index in [0.29, 0.717) is 6.54 Å². The van der Waals surface area contributed by atoms with Gasteiger partial charge in [0.25, 0.3) is 0 Å². The van der Waals surface area contributed by atoms with Gasteiger partial charge in [0.15, 0.2) is 0 Å². The molecule has 3 rings (SSSR count). The summed E-state index contributed by atoms with van der Waals surface area (Å²) in [6.07, 6.45) is 4.34. The molecule has 1 aromatic carbocycles. The van der Waals surface area contributed by atoms with Crippen LogP contribution in [0.4, 0.5) is 0 Å². The predicted octanol–water partition coefficient (Wildman–Crippen LogP) is 1.66. The average molecular weight is 259 g/mol. The van der Waals surface area contributed by atoms with Gasteiger partial charge in [-0.1, -0.05) is 18.9 Å². The smallest absolute Gasteiger partial charge is 0.323 e. The molecule has 19 heavy (non-hydrogen) atoms. The van der Waals surface area contributed by atoms with Crippen LogP contribution in [0.5, 0.6) is 0 Å². The summed E-state index contributed by atoms with van der Waals surface area (Å²) < 4.78 is 0. The van der Waals surface area contributed by atoms with Gasteiger partial charge in [-0.3, -0.25) is 4.79 Å². The number of carbonyl (C=O) groups is 1. The lowest BCUT2D eigenvalue weighted by molar-refractivity contribution is -0.124. The first-order chi connectivity index (χ1) is 9.22. The molecule has 0 radical (unpaired) electrons. The Balaban J connectivity index is 1.67. The van der Waals surface area contributed by atoms with E-state index in [1.54, 1.807) is 0 Å². The second kappa shape index (κ2) is 4.91. The molecule has 0 unspecified atom stereocenters. The molecule has 0 spiro atoms. The fraction of sp³-hybridized carbons (Fsp3) is 0.429. The van der Waals surface area contributed by atoms with Gasteiger partial charge in [-0.2, -0.15) is 0 Å². The third kappa shape index (κ3) is 2.54. The molecule has 1 aliphatic carbocycles. The zero-order chi connectivity index (χ0) is 13.2. The number of aromatic nitrogens is 2. The predicted molar refractivity (Wildman–Crippen MR) is 72.7 cm³/mol. The number of hydrogen-bond acceptors (Lipinski definition) is 2. The van der Waals surface area contributed by atoms with Crippen LogP contribution in [0, 0.1) is 5.92 Å². The maximum Gasteiger partial charge on any atom is 0.323 e. The Morgan fingerprint density at radius 2 is 1.95 bits per heavy atom. The highest BCUT2D eigenvalue weighted by Crippen LogP contribution is 2.24. The van der Waals surface area contributed by atoms with Gasteiger partial charge in [0.05, 0.1) is 11.0 Å². The Kier molecular flexibility index (Phi) is 3.11. The molecule has 0 aliphatic heterocycles. The van der Waals surface area contributed by atoms with Crippen LogP contribution in [0.25, 0.3) is 11.0 Å². The summed E-state index contributed by atoms with van der Waals surface area (Å²) in [4.78, 5) is 28.5. The van der Waals surface area contributed by atoms with E-state index < -0.39 is 0 Å². The van der Waals surface area contributed by atoms with Crippen molar-refractivity contribution >= 4 is 16.9 Å². The third-order valence-electron chi connectivity index (χ3n) is 3.77. The molecule has 1 amide bonds. The van der Waals surface area contributed by atoms with Crippen molar-refractivity contribution in [2.24, 2.45) is 5.92 Å². The molecule has 0 atom stereocenters. The van der Waals surface area contributed by atoms with Gasteiger partial charge in [0, 0.05) is 12.5 Å². The number of imidazole rings is 1. The summed E-state index contributed by atoms with van der Waals surface area (Å²) in [5, 5.41) is 2.97. The van der Waals surface area contributed by atoms with Crippen molar-refractivity contribution in [3.63, 3.8) is 0 Å². The molecule has 1 aromatic heterocycles. The van der Waals surface area contributed by atoms with Crippen molar-refractivity contribution in [1.29, 1.82) is 0 Å². The third-order valence-corrected chi connectivity index (χ3v) is 3.77. The Morgan fingerprint density at radius 3 is 2.74 bits per heavy atom. The van der Waals surface area contributed by atoms with E-state index in [0.717, 1.165) is 42.3 Å². The summed E-state index contributed by atoms with van der Waals surface area (Å²) in [7, 11) is 0. The molecule has 1 saturated carbocycles. The van der Waals surface area contributed by atoms with Crippen LogP contribution in [0.1, 0.15) is 31.2 Å². The van der Waals surface area contributed by atoms with E-state index in [2.05, 4.69) is 15.3 Å². The van der Waals surface area contributed by atoms with Crippen LogP contribution in [-0.4, -0.2) is 15.9 Å². The fourth-order valence-corrected chi connectivity index (χ4v) is 2.71. The van der Waals surface area contributed by atoms with Gasteiger partial charge in [0.1, 0.15) is 0 Å². The normalized spacial score (nSPS) is 16.0. The minimum atomic E-state index is -0.206. The zero-order valence-electron chi connectivity index (χ0n) is 10.7. The van der Waals surface area contributed by atoms with Gasteiger partial charge < -0.3 is 15.3 Å². The number of H-pyrrole nitrogens is 2. The lowest BCUT2D eigenvalue weighted by atomic mass is 10.1. The highest BCUT2D eigenvalue weighted by molar-refractivity contribution is 5.79. The van der Waals surface area contributed by atoms with E-state index in [4.69, 9.17) is 0 Å². The first-order valence-electron chi connectivity index (χ1n) is 6.71. The van der Waals surface area contributed by atoms with E-state index >= 15 is 0 Å². The van der Waals surface area contributed by atoms with Crippen LogP contribution in [0.15, 0.2) is 23.0 Å². The van der Waals surface area contributed by atoms with Crippen LogP contribution in [-0.2, 0) is 11.3 Å². The van der Waals surface area contributed by atoms with Crippen LogP contribution in [0.3, 0.4) is 0 Å². The Morgan fingerprint density at radius 1 is 1.21 bits per heavy atom. The number of nitrogens with one attached hydrogen (secondary N) is 3. The molecule has 2 aromatic rings. The molecule has 5 heteroatoms. The summed E-state index contributed by atoms with van der Waals surface area (Å²) >= 11 is 0. The van der Waals surface area contributed by atoms with Crippen LogP contribution < -0.4 is 11.0 Å². The molecular formula is C14H17N3O2. The standard InChI is InChI=1S/C14H17N3O2/c18-13(10-3-1-2-4-10)15-8-9-5-6-11-12(7-9)17-14(19)16-11/h5-7,10H,1-4,8H2,(H,15,18)(H2,16,17,19). The van der Waals surface area contributed by atoms with Gasteiger partial charge in [-0.15, -0.1) is 0 Å². The van der Waals surface area contributed by atoms with Crippen molar-refractivity contribution in [2.75, 3.05) is 0 Å². The largest absolute Gasteiger partial charge is 0.352 e. The maximum absolute atomic E-state index is 11.9. The molecule has 5 nitrogen and oxygen atoms in total. The summed E-state index contributed by atoms with van der Waals surface area (Å²) in [6.45, 7) is 0.512. The van der Waals surface area contributed by atoms with Gasteiger partial charge in [-0.05, 0) is 30.5 Å². The van der Waals surface area contributed by atoms with Crippen molar-refractivity contribution in [2.45, 2.75) is 32.2 Å². The maximum atomic E-state index is 11.9. The van der Waals surface area contributed by atoms with E-state index in [9.17, 15) is 9.59 Å². The molecular weight excluding hydrogens is 242 g/mol.